The number of allylic oxidation sites excluding steroid dienone is 2. The van der Waals surface area contributed by atoms with E-state index in [1.165, 1.54) is 11.1 Å². The van der Waals surface area contributed by atoms with Gasteiger partial charge in [0.15, 0.2) is 5.60 Å². The molecule has 0 unspecified atom stereocenters. The van der Waals surface area contributed by atoms with Crippen molar-refractivity contribution in [3.63, 3.8) is 0 Å². The molecular weight excluding hydrogens is 280 g/mol. The molecule has 1 saturated carbocycles. The maximum atomic E-state index is 11.5. The molecule has 22 heavy (non-hydrogen) atoms. The van der Waals surface area contributed by atoms with Crippen LogP contribution in [0.15, 0.2) is 36.4 Å². The van der Waals surface area contributed by atoms with Crippen molar-refractivity contribution in [3.05, 3.63) is 42.0 Å². The van der Waals surface area contributed by atoms with Gasteiger partial charge < -0.3 is 14.9 Å². The van der Waals surface area contributed by atoms with Crippen LogP contribution in [0.25, 0.3) is 5.57 Å². The van der Waals surface area contributed by atoms with Crippen LogP contribution in [0.3, 0.4) is 0 Å². The predicted molar refractivity (Wildman–Crippen MR) is 81.1 cm³/mol. The highest BCUT2D eigenvalue weighted by atomic mass is 16.5. The highest BCUT2D eigenvalue weighted by Crippen LogP contribution is 2.58. The van der Waals surface area contributed by atoms with Gasteiger partial charge in [0, 0.05) is 5.41 Å². The molecule has 1 heterocycles. The molecule has 2 bridgehead atoms. The first-order valence-electron chi connectivity index (χ1n) is 7.88. The number of benzene rings is 1. The lowest BCUT2D eigenvalue weighted by molar-refractivity contribution is -0.174. The number of ether oxygens (including phenoxy) is 1. The fraction of sp³-hybridized carbons (Fsp3) is 0.500. The average molecular weight is 300 g/mol. The summed E-state index contributed by atoms with van der Waals surface area (Å²) in [5.74, 6) is -0.881. The Bertz CT molecular complexity index is 638. The molecule has 2 aliphatic carbocycles. The Kier molecular flexibility index (Phi) is 2.97. The fourth-order valence-corrected chi connectivity index (χ4v) is 4.55. The summed E-state index contributed by atoms with van der Waals surface area (Å²) in [6.45, 7) is 0.546. The normalized spacial score (nSPS) is 40.0. The van der Waals surface area contributed by atoms with Gasteiger partial charge in [-0.3, -0.25) is 0 Å². The number of hydrogen-bond acceptors (Lipinski definition) is 3. The number of aliphatic carboxylic acids is 1. The third kappa shape index (κ3) is 1.80. The van der Waals surface area contributed by atoms with Crippen LogP contribution in [-0.4, -0.2) is 34.5 Å². The zero-order valence-corrected chi connectivity index (χ0v) is 12.4. The van der Waals surface area contributed by atoms with Crippen LogP contribution >= 0.6 is 0 Å². The number of fused-ring (bicyclic) bond motifs is 1. The number of carboxylic acids is 1. The predicted octanol–water partition coefficient (Wildman–Crippen LogP) is 2.47. The fourth-order valence-electron chi connectivity index (χ4n) is 4.55. The lowest BCUT2D eigenvalue weighted by Gasteiger charge is -2.32. The van der Waals surface area contributed by atoms with E-state index in [0.29, 0.717) is 19.4 Å². The van der Waals surface area contributed by atoms with E-state index < -0.39 is 17.7 Å². The molecule has 1 aromatic rings. The van der Waals surface area contributed by atoms with Crippen LogP contribution in [0, 0.1) is 11.3 Å². The Morgan fingerprint density at radius 3 is 2.77 bits per heavy atom. The average Bonchev–Trinajstić information content (AvgIpc) is 3.08. The minimum absolute atomic E-state index is 0.0320. The molecule has 4 heteroatoms. The van der Waals surface area contributed by atoms with E-state index in [4.69, 9.17) is 4.74 Å². The van der Waals surface area contributed by atoms with Gasteiger partial charge in [0.1, 0.15) is 0 Å². The van der Waals surface area contributed by atoms with Crippen molar-refractivity contribution in [2.45, 2.75) is 37.4 Å². The molecule has 1 aromatic carbocycles. The summed E-state index contributed by atoms with van der Waals surface area (Å²) in [6, 6.07) is 10.3. The van der Waals surface area contributed by atoms with Gasteiger partial charge in [0.05, 0.1) is 12.7 Å². The van der Waals surface area contributed by atoms with Gasteiger partial charge in [-0.1, -0.05) is 36.4 Å². The zero-order chi connectivity index (χ0) is 15.4. The second kappa shape index (κ2) is 4.67. The van der Waals surface area contributed by atoms with Crippen LogP contribution in [0.4, 0.5) is 0 Å². The van der Waals surface area contributed by atoms with Gasteiger partial charge in [-0.25, -0.2) is 4.79 Å². The minimum atomic E-state index is -1.74. The molecule has 0 aromatic heterocycles. The van der Waals surface area contributed by atoms with Crippen LogP contribution in [0.1, 0.15) is 31.2 Å². The molecule has 4 rings (SSSR count). The molecule has 1 aliphatic heterocycles. The Labute approximate surface area is 129 Å². The summed E-state index contributed by atoms with van der Waals surface area (Å²) in [5.41, 5.74) is 0.721. The van der Waals surface area contributed by atoms with Crippen molar-refractivity contribution >= 4 is 11.5 Å². The number of carboxylic acid groups (broad SMARTS) is 1. The van der Waals surface area contributed by atoms with Crippen molar-refractivity contribution in [3.8, 4) is 0 Å². The maximum absolute atomic E-state index is 11.5. The first-order chi connectivity index (χ1) is 10.6. The summed E-state index contributed by atoms with van der Waals surface area (Å²) in [7, 11) is 0. The standard InChI is InChI=1S/C18H20O4/c19-16(20)18(21)9-7-14-13(12-4-2-1-3-5-12)6-8-17(14)10-15(18)22-11-17/h1-6,14-15,21H,7-11H2,(H,19,20)/t14-,15+,17+,18+/m0/s1. The largest absolute Gasteiger partial charge is 0.479 e. The van der Waals surface area contributed by atoms with Gasteiger partial charge >= 0.3 is 5.97 Å². The van der Waals surface area contributed by atoms with Crippen LogP contribution in [0.2, 0.25) is 0 Å². The van der Waals surface area contributed by atoms with Crippen molar-refractivity contribution in [1.29, 1.82) is 0 Å². The lowest BCUT2D eigenvalue weighted by atomic mass is 9.72. The molecule has 0 radical (unpaired) electrons. The van der Waals surface area contributed by atoms with E-state index in [9.17, 15) is 15.0 Å². The third-order valence-electron chi connectivity index (χ3n) is 5.83. The van der Waals surface area contributed by atoms with E-state index in [1.807, 2.05) is 18.2 Å². The highest BCUT2D eigenvalue weighted by Gasteiger charge is 2.60. The summed E-state index contributed by atoms with van der Waals surface area (Å²) in [5, 5.41) is 20.0. The summed E-state index contributed by atoms with van der Waals surface area (Å²) in [6.07, 6.45) is 4.20. The van der Waals surface area contributed by atoms with E-state index in [1.54, 1.807) is 0 Å². The van der Waals surface area contributed by atoms with Crippen LogP contribution < -0.4 is 0 Å². The summed E-state index contributed by atoms with van der Waals surface area (Å²) in [4.78, 5) is 11.5. The topological polar surface area (TPSA) is 66.8 Å². The van der Waals surface area contributed by atoms with Crippen molar-refractivity contribution in [1.82, 2.24) is 0 Å². The third-order valence-corrected chi connectivity index (χ3v) is 5.83. The Morgan fingerprint density at radius 2 is 2.05 bits per heavy atom. The van der Waals surface area contributed by atoms with Gasteiger partial charge in [-0.2, -0.15) is 0 Å². The Balaban J connectivity index is 1.71. The molecule has 3 aliphatic rings. The SMILES string of the molecule is O=C(O)[C@@]1(O)CC[C@H]2C(c3ccccc3)=CC[C@@]23CO[C@@H]1C3. The first kappa shape index (κ1) is 14.0. The Morgan fingerprint density at radius 1 is 1.27 bits per heavy atom. The number of aliphatic hydroxyl groups is 1. The maximum Gasteiger partial charge on any atom is 0.338 e. The molecule has 0 amide bonds. The highest BCUT2D eigenvalue weighted by molar-refractivity contribution is 5.79. The molecular formula is C18H20O4. The molecule has 2 N–H and O–H groups in total. The molecule has 2 fully saturated rings. The smallest absolute Gasteiger partial charge is 0.338 e. The monoisotopic (exact) mass is 300 g/mol. The van der Waals surface area contributed by atoms with Crippen molar-refractivity contribution in [2.24, 2.45) is 11.3 Å². The number of rotatable bonds is 2. The van der Waals surface area contributed by atoms with E-state index in [0.717, 1.165) is 6.42 Å². The molecule has 1 saturated heterocycles. The summed E-state index contributed by atoms with van der Waals surface area (Å²) < 4.78 is 5.76. The van der Waals surface area contributed by atoms with Gasteiger partial charge in [-0.05, 0) is 42.7 Å². The van der Waals surface area contributed by atoms with Crippen LogP contribution in [0.5, 0.6) is 0 Å². The zero-order valence-electron chi connectivity index (χ0n) is 12.4. The second-order valence-corrected chi connectivity index (χ2v) is 6.92. The lowest BCUT2D eigenvalue weighted by Crippen LogP contribution is -2.49. The van der Waals surface area contributed by atoms with Gasteiger partial charge in [0.2, 0.25) is 0 Å². The van der Waals surface area contributed by atoms with Crippen molar-refractivity contribution < 1.29 is 19.7 Å². The van der Waals surface area contributed by atoms with E-state index >= 15 is 0 Å². The van der Waals surface area contributed by atoms with E-state index in [2.05, 4.69) is 18.2 Å². The second-order valence-electron chi connectivity index (χ2n) is 6.92. The number of carbonyl (C=O) groups is 1. The first-order valence-corrected chi connectivity index (χ1v) is 7.88. The van der Waals surface area contributed by atoms with Crippen LogP contribution in [-0.2, 0) is 9.53 Å². The molecule has 4 nitrogen and oxygen atoms in total. The molecule has 1 spiro atoms. The molecule has 116 valence electrons. The Hall–Kier alpha value is -1.65. The van der Waals surface area contributed by atoms with Gasteiger partial charge in [-0.15, -0.1) is 0 Å². The summed E-state index contributed by atoms with van der Waals surface area (Å²) >= 11 is 0. The minimum Gasteiger partial charge on any atom is -0.479 e. The number of hydrogen-bond donors (Lipinski definition) is 2. The van der Waals surface area contributed by atoms with Gasteiger partial charge in [0.25, 0.3) is 0 Å². The van der Waals surface area contributed by atoms with E-state index in [-0.39, 0.29) is 17.8 Å². The quantitative estimate of drug-likeness (QED) is 0.880. The van der Waals surface area contributed by atoms with Crippen molar-refractivity contribution in [2.75, 3.05) is 6.61 Å². The molecule has 4 atom stereocenters.